The third kappa shape index (κ3) is 3.89. The minimum absolute atomic E-state index is 0.0661. The Kier molecular flexibility index (Phi) is 3.90. The molecule has 0 aromatic carbocycles. The van der Waals surface area contributed by atoms with Crippen LogP contribution in [-0.2, 0) is 6.42 Å². The Labute approximate surface area is 83.4 Å². The lowest BCUT2D eigenvalue weighted by Crippen LogP contribution is -2.40. The monoisotopic (exact) mass is 199 g/mol. The zero-order valence-corrected chi connectivity index (χ0v) is 8.81. The van der Waals surface area contributed by atoms with Gasteiger partial charge in [-0.25, -0.2) is 0 Å². The molecule has 0 amide bonds. The Morgan fingerprint density at radius 2 is 2.38 bits per heavy atom. The van der Waals surface area contributed by atoms with Gasteiger partial charge in [-0.3, -0.25) is 0 Å². The van der Waals surface area contributed by atoms with Crippen LogP contribution in [0.2, 0.25) is 0 Å². The number of thiophene rings is 1. The van der Waals surface area contributed by atoms with E-state index in [-0.39, 0.29) is 6.61 Å². The maximum absolute atomic E-state index is 8.93. The second-order valence-electron chi connectivity index (χ2n) is 3.80. The molecule has 1 rings (SSSR count). The van der Waals surface area contributed by atoms with Gasteiger partial charge in [0.25, 0.3) is 0 Å². The molecule has 1 heterocycles. The molecule has 1 atom stereocenters. The molecule has 1 aromatic heterocycles. The van der Waals surface area contributed by atoms with Crippen molar-refractivity contribution in [1.29, 1.82) is 0 Å². The lowest BCUT2D eigenvalue weighted by Gasteiger charge is -2.20. The molecule has 0 aliphatic carbocycles. The number of hydrogen-bond acceptors (Lipinski definition) is 3. The Morgan fingerprint density at radius 1 is 1.62 bits per heavy atom. The maximum atomic E-state index is 8.93. The molecule has 1 aromatic rings. The first-order valence-corrected chi connectivity index (χ1v) is 5.49. The Bertz CT molecular complexity index is 231. The fourth-order valence-electron chi connectivity index (χ4n) is 1.21. The topological polar surface area (TPSA) is 46.2 Å². The highest BCUT2D eigenvalue weighted by Crippen LogP contribution is 2.13. The molecular weight excluding hydrogens is 182 g/mol. The van der Waals surface area contributed by atoms with Crippen molar-refractivity contribution in [1.82, 2.24) is 0 Å². The van der Waals surface area contributed by atoms with Crippen molar-refractivity contribution in [3.05, 3.63) is 22.4 Å². The zero-order chi connectivity index (χ0) is 9.73. The van der Waals surface area contributed by atoms with Gasteiger partial charge in [0.05, 0.1) is 6.61 Å². The highest BCUT2D eigenvalue weighted by Gasteiger charge is 2.15. The van der Waals surface area contributed by atoms with E-state index in [1.165, 1.54) is 5.56 Å². The molecule has 3 heteroatoms. The van der Waals surface area contributed by atoms with Gasteiger partial charge in [0.2, 0.25) is 0 Å². The van der Waals surface area contributed by atoms with Crippen LogP contribution in [0.4, 0.5) is 0 Å². The van der Waals surface area contributed by atoms with Gasteiger partial charge < -0.3 is 10.8 Å². The third-order valence-corrected chi connectivity index (χ3v) is 2.89. The molecule has 74 valence electrons. The first-order valence-electron chi connectivity index (χ1n) is 4.55. The third-order valence-electron chi connectivity index (χ3n) is 2.15. The minimum Gasteiger partial charge on any atom is -0.394 e. The number of aliphatic hydroxyl groups is 1. The van der Waals surface area contributed by atoms with E-state index in [1.807, 2.05) is 6.92 Å². The van der Waals surface area contributed by atoms with Gasteiger partial charge in [0.1, 0.15) is 0 Å². The fraction of sp³-hybridized carbons (Fsp3) is 0.600. The van der Waals surface area contributed by atoms with E-state index in [4.69, 9.17) is 10.8 Å². The van der Waals surface area contributed by atoms with E-state index in [0.717, 1.165) is 19.3 Å². The number of aryl methyl sites for hydroxylation is 1. The Hall–Kier alpha value is -0.380. The minimum atomic E-state index is -0.407. The lowest BCUT2D eigenvalue weighted by atomic mass is 9.96. The molecule has 0 bridgehead atoms. The Balaban J connectivity index is 2.21. The molecule has 0 saturated carbocycles. The first kappa shape index (κ1) is 10.7. The van der Waals surface area contributed by atoms with Gasteiger partial charge in [0.15, 0.2) is 0 Å². The van der Waals surface area contributed by atoms with E-state index in [2.05, 4.69) is 16.8 Å². The van der Waals surface area contributed by atoms with Crippen LogP contribution in [0.5, 0.6) is 0 Å². The van der Waals surface area contributed by atoms with Crippen LogP contribution in [0.3, 0.4) is 0 Å². The van der Waals surface area contributed by atoms with Crippen LogP contribution in [0.25, 0.3) is 0 Å². The van der Waals surface area contributed by atoms with E-state index in [1.54, 1.807) is 11.3 Å². The molecule has 3 N–H and O–H groups in total. The molecule has 0 aliphatic rings. The summed E-state index contributed by atoms with van der Waals surface area (Å²) in [5.74, 6) is 0. The van der Waals surface area contributed by atoms with Crippen LogP contribution >= 0.6 is 11.3 Å². The molecule has 0 aliphatic heterocycles. The van der Waals surface area contributed by atoms with E-state index < -0.39 is 5.54 Å². The van der Waals surface area contributed by atoms with Crippen molar-refractivity contribution < 1.29 is 5.11 Å². The van der Waals surface area contributed by atoms with Gasteiger partial charge in [0, 0.05) is 5.54 Å². The van der Waals surface area contributed by atoms with Crippen molar-refractivity contribution in [2.75, 3.05) is 6.61 Å². The van der Waals surface area contributed by atoms with Gasteiger partial charge in [-0.1, -0.05) is 0 Å². The van der Waals surface area contributed by atoms with Crippen LogP contribution in [0.15, 0.2) is 16.8 Å². The van der Waals surface area contributed by atoms with Crippen molar-refractivity contribution in [2.45, 2.75) is 31.7 Å². The normalized spacial score (nSPS) is 15.6. The standard InChI is InChI=1S/C10H17NOS/c1-10(11,8-12)5-2-3-9-4-6-13-7-9/h4,6-7,12H,2-3,5,8,11H2,1H3. The highest BCUT2D eigenvalue weighted by atomic mass is 32.1. The summed E-state index contributed by atoms with van der Waals surface area (Å²) < 4.78 is 0. The second kappa shape index (κ2) is 4.74. The average molecular weight is 199 g/mol. The summed E-state index contributed by atoms with van der Waals surface area (Å²) in [5.41, 5.74) is 6.78. The molecule has 0 spiro atoms. The lowest BCUT2D eigenvalue weighted by molar-refractivity contribution is 0.198. The molecule has 0 fully saturated rings. The Morgan fingerprint density at radius 3 is 2.92 bits per heavy atom. The molecule has 1 unspecified atom stereocenters. The van der Waals surface area contributed by atoms with E-state index in [0.29, 0.717) is 0 Å². The second-order valence-corrected chi connectivity index (χ2v) is 4.58. The summed E-state index contributed by atoms with van der Waals surface area (Å²) in [7, 11) is 0. The summed E-state index contributed by atoms with van der Waals surface area (Å²) in [6, 6.07) is 2.14. The van der Waals surface area contributed by atoms with Crippen LogP contribution in [-0.4, -0.2) is 17.3 Å². The predicted molar refractivity (Wildman–Crippen MR) is 56.9 cm³/mol. The summed E-state index contributed by atoms with van der Waals surface area (Å²) in [6.45, 7) is 1.96. The van der Waals surface area contributed by atoms with Crippen LogP contribution < -0.4 is 5.73 Å². The van der Waals surface area contributed by atoms with Gasteiger partial charge >= 0.3 is 0 Å². The first-order chi connectivity index (χ1) is 6.14. The SMILES string of the molecule is CC(N)(CO)CCCc1ccsc1. The van der Waals surface area contributed by atoms with Gasteiger partial charge in [-0.05, 0) is 48.6 Å². The van der Waals surface area contributed by atoms with Crippen molar-refractivity contribution in [3.63, 3.8) is 0 Å². The summed E-state index contributed by atoms with van der Waals surface area (Å²) in [5, 5.41) is 13.2. The summed E-state index contributed by atoms with van der Waals surface area (Å²) >= 11 is 1.72. The molecule has 2 nitrogen and oxygen atoms in total. The number of hydrogen-bond donors (Lipinski definition) is 2. The number of rotatable bonds is 5. The fourth-order valence-corrected chi connectivity index (χ4v) is 1.91. The van der Waals surface area contributed by atoms with Gasteiger partial charge in [-0.15, -0.1) is 0 Å². The maximum Gasteiger partial charge on any atom is 0.0608 e. The predicted octanol–water partition coefficient (Wildman–Crippen LogP) is 1.78. The summed E-state index contributed by atoms with van der Waals surface area (Å²) in [4.78, 5) is 0. The van der Waals surface area contributed by atoms with Crippen LogP contribution in [0, 0.1) is 0 Å². The smallest absolute Gasteiger partial charge is 0.0608 e. The van der Waals surface area contributed by atoms with Crippen molar-refractivity contribution in [2.24, 2.45) is 5.73 Å². The summed E-state index contributed by atoms with van der Waals surface area (Å²) in [6.07, 6.45) is 2.99. The number of nitrogens with two attached hydrogens (primary N) is 1. The quantitative estimate of drug-likeness (QED) is 0.759. The van der Waals surface area contributed by atoms with E-state index >= 15 is 0 Å². The zero-order valence-electron chi connectivity index (χ0n) is 7.99. The molecule has 13 heavy (non-hydrogen) atoms. The van der Waals surface area contributed by atoms with Gasteiger partial charge in [-0.2, -0.15) is 11.3 Å². The van der Waals surface area contributed by atoms with Crippen LogP contribution in [0.1, 0.15) is 25.3 Å². The molecule has 0 saturated heterocycles. The highest BCUT2D eigenvalue weighted by molar-refractivity contribution is 7.07. The van der Waals surface area contributed by atoms with Crippen molar-refractivity contribution in [3.8, 4) is 0 Å². The van der Waals surface area contributed by atoms with Crippen molar-refractivity contribution >= 4 is 11.3 Å². The number of aliphatic hydroxyl groups excluding tert-OH is 1. The molecule has 0 radical (unpaired) electrons. The van der Waals surface area contributed by atoms with E-state index in [9.17, 15) is 0 Å². The molecular formula is C10H17NOS. The largest absolute Gasteiger partial charge is 0.394 e. The average Bonchev–Trinajstić information content (AvgIpc) is 2.57.